The zero-order chi connectivity index (χ0) is 18.1. The van der Waals surface area contributed by atoms with Crippen molar-refractivity contribution in [1.82, 2.24) is 14.8 Å². The summed E-state index contributed by atoms with van der Waals surface area (Å²) in [5, 5.41) is 14.1. The van der Waals surface area contributed by atoms with E-state index in [1.165, 1.54) is 0 Å². The monoisotopic (exact) mass is 344 g/mol. The Kier molecular flexibility index (Phi) is 4.15. The van der Waals surface area contributed by atoms with Crippen LogP contribution in [0.2, 0.25) is 0 Å². The Balaban J connectivity index is 1.94. The molecule has 1 aliphatic rings. The summed E-state index contributed by atoms with van der Waals surface area (Å²) in [5.74, 6) is 0.297. The fourth-order valence-corrected chi connectivity index (χ4v) is 3.69. The molecule has 6 heteroatoms. The average molecular weight is 344 g/mol. The van der Waals surface area contributed by atoms with E-state index in [9.17, 15) is 5.26 Å². The van der Waals surface area contributed by atoms with Gasteiger partial charge in [0.2, 0.25) is 0 Å². The molecule has 26 heavy (non-hydrogen) atoms. The Bertz CT molecular complexity index is 984. The van der Waals surface area contributed by atoms with Crippen molar-refractivity contribution in [2.24, 2.45) is 5.73 Å². The molecule has 0 spiro atoms. The average Bonchev–Trinajstić information content (AvgIpc) is 3.15. The summed E-state index contributed by atoms with van der Waals surface area (Å²) in [6, 6.07) is 12.3. The maximum Gasteiger partial charge on any atom is 0.142 e. The van der Waals surface area contributed by atoms with Crippen molar-refractivity contribution in [3.05, 3.63) is 65.1 Å². The molecule has 1 atom stereocenters. The third-order valence-corrected chi connectivity index (χ3v) is 4.92. The van der Waals surface area contributed by atoms with E-state index in [1.54, 1.807) is 6.20 Å². The van der Waals surface area contributed by atoms with Crippen molar-refractivity contribution < 1.29 is 0 Å². The number of nitrogens with zero attached hydrogens (tertiary/aromatic N) is 4. The Morgan fingerprint density at radius 1 is 1.27 bits per heavy atom. The molecule has 0 saturated heterocycles. The predicted octanol–water partition coefficient (Wildman–Crippen LogP) is 2.26. The van der Waals surface area contributed by atoms with Crippen LogP contribution in [0.3, 0.4) is 0 Å². The summed E-state index contributed by atoms with van der Waals surface area (Å²) in [6.45, 7) is 0.622. The smallest absolute Gasteiger partial charge is 0.142 e. The molecule has 0 amide bonds. The Labute approximate surface area is 152 Å². The summed E-state index contributed by atoms with van der Waals surface area (Å²) >= 11 is 0. The first-order valence-corrected chi connectivity index (χ1v) is 8.70. The van der Waals surface area contributed by atoms with E-state index in [1.807, 2.05) is 35.1 Å². The highest BCUT2D eigenvalue weighted by Gasteiger charge is 2.26. The van der Waals surface area contributed by atoms with Crippen molar-refractivity contribution in [3.63, 3.8) is 0 Å². The molecule has 0 bridgehead atoms. The summed E-state index contributed by atoms with van der Waals surface area (Å²) in [7, 11) is 0. The van der Waals surface area contributed by atoms with Crippen molar-refractivity contribution in [3.8, 4) is 17.2 Å². The number of nitrogen functional groups attached to an aromatic ring is 1. The molecule has 1 aliphatic carbocycles. The number of benzene rings is 1. The van der Waals surface area contributed by atoms with Gasteiger partial charge in [0.15, 0.2) is 0 Å². The lowest BCUT2D eigenvalue weighted by atomic mass is 9.83. The SMILES string of the molecule is N#Cc1c(N)nc2c(c1-c1ccccc1Cn1cccn1)CC(N)CC2. The van der Waals surface area contributed by atoms with Crippen LogP contribution in [0.5, 0.6) is 0 Å². The van der Waals surface area contributed by atoms with Crippen LogP contribution in [0.25, 0.3) is 11.1 Å². The molecule has 0 radical (unpaired) electrons. The van der Waals surface area contributed by atoms with Gasteiger partial charge in [0.1, 0.15) is 17.5 Å². The second kappa shape index (κ2) is 6.62. The molecule has 2 heterocycles. The van der Waals surface area contributed by atoms with Crippen LogP contribution in [0, 0.1) is 11.3 Å². The Hall–Kier alpha value is -3.17. The van der Waals surface area contributed by atoms with Gasteiger partial charge < -0.3 is 11.5 Å². The summed E-state index contributed by atoms with van der Waals surface area (Å²) < 4.78 is 1.87. The van der Waals surface area contributed by atoms with E-state index < -0.39 is 0 Å². The fourth-order valence-electron chi connectivity index (χ4n) is 3.69. The van der Waals surface area contributed by atoms with E-state index in [0.29, 0.717) is 24.3 Å². The maximum atomic E-state index is 9.76. The quantitative estimate of drug-likeness (QED) is 0.758. The van der Waals surface area contributed by atoms with Crippen LogP contribution in [0.15, 0.2) is 42.7 Å². The molecule has 0 saturated carbocycles. The van der Waals surface area contributed by atoms with Gasteiger partial charge in [-0.3, -0.25) is 4.68 Å². The van der Waals surface area contributed by atoms with Gasteiger partial charge >= 0.3 is 0 Å². The van der Waals surface area contributed by atoms with E-state index in [0.717, 1.165) is 40.8 Å². The normalized spacial score (nSPS) is 16.1. The Morgan fingerprint density at radius 2 is 2.12 bits per heavy atom. The standard InChI is InChI=1S/C20H20N6/c21-11-17-19(16-10-14(22)6-7-18(16)25-20(17)23)15-5-2-1-4-13(15)12-26-9-3-8-24-26/h1-5,8-9,14H,6-7,10,12,22H2,(H2,23,25). The number of rotatable bonds is 3. The highest BCUT2D eigenvalue weighted by Crippen LogP contribution is 2.37. The molecule has 3 aromatic rings. The maximum absolute atomic E-state index is 9.76. The number of nitrogens with two attached hydrogens (primary N) is 2. The van der Waals surface area contributed by atoms with E-state index in [4.69, 9.17) is 11.5 Å². The van der Waals surface area contributed by atoms with Crippen LogP contribution >= 0.6 is 0 Å². The molecule has 0 fully saturated rings. The van der Waals surface area contributed by atoms with Gasteiger partial charge in [-0.15, -0.1) is 0 Å². The highest BCUT2D eigenvalue weighted by molar-refractivity contribution is 5.81. The van der Waals surface area contributed by atoms with E-state index in [2.05, 4.69) is 22.2 Å². The molecule has 4 rings (SSSR count). The van der Waals surface area contributed by atoms with Crippen LogP contribution in [-0.2, 0) is 19.4 Å². The van der Waals surface area contributed by atoms with Crippen LogP contribution in [0.4, 0.5) is 5.82 Å². The lowest BCUT2D eigenvalue weighted by Gasteiger charge is -2.25. The second-order valence-corrected chi connectivity index (χ2v) is 6.65. The Morgan fingerprint density at radius 3 is 2.88 bits per heavy atom. The molecule has 6 nitrogen and oxygen atoms in total. The lowest BCUT2D eigenvalue weighted by molar-refractivity contribution is 0.568. The largest absolute Gasteiger partial charge is 0.383 e. The van der Waals surface area contributed by atoms with Crippen LogP contribution in [0.1, 0.15) is 28.8 Å². The molecule has 130 valence electrons. The minimum Gasteiger partial charge on any atom is -0.383 e. The number of nitriles is 1. The highest BCUT2D eigenvalue weighted by atomic mass is 15.3. The lowest BCUT2D eigenvalue weighted by Crippen LogP contribution is -2.29. The number of aromatic nitrogens is 3. The fraction of sp³-hybridized carbons (Fsp3) is 0.250. The predicted molar refractivity (Wildman–Crippen MR) is 100 cm³/mol. The van der Waals surface area contributed by atoms with Gasteiger partial charge in [-0.25, -0.2) is 4.98 Å². The second-order valence-electron chi connectivity index (χ2n) is 6.65. The summed E-state index contributed by atoms with van der Waals surface area (Å²) in [5.41, 5.74) is 17.8. The number of fused-ring (bicyclic) bond motifs is 1. The van der Waals surface area contributed by atoms with Crippen molar-refractivity contribution in [1.29, 1.82) is 5.26 Å². The first-order chi connectivity index (χ1) is 12.7. The molecular formula is C20H20N6. The van der Waals surface area contributed by atoms with Crippen molar-refractivity contribution in [2.45, 2.75) is 31.8 Å². The summed E-state index contributed by atoms with van der Waals surface area (Å²) in [4.78, 5) is 4.49. The minimum absolute atomic E-state index is 0.0801. The number of pyridine rings is 1. The van der Waals surface area contributed by atoms with Gasteiger partial charge in [-0.2, -0.15) is 10.4 Å². The van der Waals surface area contributed by atoms with Crippen LogP contribution < -0.4 is 11.5 Å². The first kappa shape index (κ1) is 16.3. The van der Waals surface area contributed by atoms with Gasteiger partial charge in [0, 0.05) is 29.7 Å². The van der Waals surface area contributed by atoms with Crippen molar-refractivity contribution >= 4 is 5.82 Å². The van der Waals surface area contributed by atoms with Crippen molar-refractivity contribution in [2.75, 3.05) is 5.73 Å². The van der Waals surface area contributed by atoms with E-state index >= 15 is 0 Å². The summed E-state index contributed by atoms with van der Waals surface area (Å²) in [6.07, 6.45) is 6.08. The molecule has 0 aliphatic heterocycles. The number of anilines is 1. The first-order valence-electron chi connectivity index (χ1n) is 8.70. The number of hydrogen-bond acceptors (Lipinski definition) is 5. The van der Waals surface area contributed by atoms with Gasteiger partial charge in [-0.1, -0.05) is 24.3 Å². The molecule has 1 unspecified atom stereocenters. The molecular weight excluding hydrogens is 324 g/mol. The third-order valence-electron chi connectivity index (χ3n) is 4.92. The van der Waals surface area contributed by atoms with Gasteiger partial charge in [-0.05, 0) is 42.0 Å². The number of hydrogen-bond donors (Lipinski definition) is 2. The number of aryl methyl sites for hydroxylation is 1. The minimum atomic E-state index is 0.0801. The third kappa shape index (κ3) is 2.83. The zero-order valence-corrected chi connectivity index (χ0v) is 14.4. The molecule has 4 N–H and O–H groups in total. The topological polar surface area (TPSA) is 107 Å². The van der Waals surface area contributed by atoms with Gasteiger partial charge in [0.05, 0.1) is 6.54 Å². The molecule has 2 aromatic heterocycles. The van der Waals surface area contributed by atoms with Crippen LogP contribution in [-0.4, -0.2) is 20.8 Å². The van der Waals surface area contributed by atoms with E-state index in [-0.39, 0.29) is 6.04 Å². The molecule has 1 aromatic carbocycles. The van der Waals surface area contributed by atoms with Gasteiger partial charge in [0.25, 0.3) is 0 Å². The zero-order valence-electron chi connectivity index (χ0n) is 14.4.